The number of aromatic nitrogens is 5. The van der Waals surface area contributed by atoms with Gasteiger partial charge >= 0.3 is 6.18 Å². The second-order valence-corrected chi connectivity index (χ2v) is 9.58. The molecular weight excluding hydrogens is 495 g/mol. The van der Waals surface area contributed by atoms with Crippen molar-refractivity contribution in [1.82, 2.24) is 29.4 Å². The number of hydrogen-bond donors (Lipinski definition) is 1. The van der Waals surface area contributed by atoms with Crippen LogP contribution in [0.2, 0.25) is 0 Å². The van der Waals surface area contributed by atoms with E-state index in [0.717, 1.165) is 18.7 Å². The summed E-state index contributed by atoms with van der Waals surface area (Å²) in [6.07, 6.45) is -1.11. The van der Waals surface area contributed by atoms with E-state index in [1.807, 2.05) is 6.07 Å². The van der Waals surface area contributed by atoms with Gasteiger partial charge in [-0.05, 0) is 51.5 Å². The van der Waals surface area contributed by atoms with Crippen LogP contribution in [-0.2, 0) is 12.7 Å². The molecule has 1 aromatic carbocycles. The summed E-state index contributed by atoms with van der Waals surface area (Å²) in [4.78, 5) is 20.7. The zero-order valence-corrected chi connectivity index (χ0v) is 22.1. The van der Waals surface area contributed by atoms with Crippen LogP contribution in [0.1, 0.15) is 38.8 Å². The third-order valence-electron chi connectivity index (χ3n) is 6.29. The van der Waals surface area contributed by atoms with E-state index in [1.165, 1.54) is 12.1 Å². The molecule has 3 aromatic heterocycles. The van der Waals surface area contributed by atoms with Gasteiger partial charge in [-0.3, -0.25) is 4.90 Å². The van der Waals surface area contributed by atoms with Gasteiger partial charge in [0.25, 0.3) is 0 Å². The Morgan fingerprint density at radius 2 is 1.68 bits per heavy atom. The minimum atomic E-state index is -4.38. The maximum absolute atomic E-state index is 13.0. The fraction of sp³-hybridized carbons (Fsp3) is 0.407. The molecule has 0 fully saturated rings. The molecule has 0 saturated carbocycles. The fourth-order valence-electron chi connectivity index (χ4n) is 4.36. The van der Waals surface area contributed by atoms with Gasteiger partial charge in [-0.1, -0.05) is 12.1 Å². The Kier molecular flexibility index (Phi) is 8.15. The molecule has 3 heterocycles. The number of anilines is 1. The normalized spacial score (nSPS) is 12.2. The second-order valence-electron chi connectivity index (χ2n) is 9.58. The van der Waals surface area contributed by atoms with Crippen LogP contribution in [0.5, 0.6) is 5.88 Å². The molecule has 1 N–H and O–H groups in total. The molecule has 0 spiro atoms. The summed E-state index contributed by atoms with van der Waals surface area (Å²) >= 11 is 0. The summed E-state index contributed by atoms with van der Waals surface area (Å²) in [6.45, 7) is 10.4. The largest absolute Gasteiger partial charge is 0.481 e. The molecule has 4 aromatic rings. The third-order valence-corrected chi connectivity index (χ3v) is 6.29. The molecule has 0 radical (unpaired) electrons. The van der Waals surface area contributed by atoms with E-state index in [1.54, 1.807) is 30.3 Å². The number of methoxy groups -OCH3 is 1. The van der Waals surface area contributed by atoms with Gasteiger partial charge in [-0.15, -0.1) is 0 Å². The average molecular weight is 528 g/mol. The minimum Gasteiger partial charge on any atom is -0.481 e. The Labute approximate surface area is 219 Å². The van der Waals surface area contributed by atoms with Crippen LogP contribution in [-0.4, -0.2) is 61.7 Å². The monoisotopic (exact) mass is 527 g/mol. The molecule has 0 saturated heterocycles. The van der Waals surface area contributed by atoms with Crippen LogP contribution in [0, 0.1) is 0 Å². The lowest BCUT2D eigenvalue weighted by atomic mass is 10.1. The first-order valence-electron chi connectivity index (χ1n) is 12.5. The highest BCUT2D eigenvalue weighted by Crippen LogP contribution is 2.30. The van der Waals surface area contributed by atoms with Gasteiger partial charge in [0.2, 0.25) is 5.88 Å². The van der Waals surface area contributed by atoms with Crippen LogP contribution >= 0.6 is 0 Å². The van der Waals surface area contributed by atoms with Gasteiger partial charge in [0, 0.05) is 43.0 Å². The molecule has 4 rings (SSSR count). The molecule has 38 heavy (non-hydrogen) atoms. The number of pyridine rings is 1. The molecule has 11 heteroatoms. The van der Waals surface area contributed by atoms with Crippen molar-refractivity contribution in [3.8, 4) is 17.3 Å². The Balaban J connectivity index is 1.68. The van der Waals surface area contributed by atoms with Crippen LogP contribution < -0.4 is 10.1 Å². The molecule has 202 valence electrons. The van der Waals surface area contributed by atoms with Crippen molar-refractivity contribution < 1.29 is 17.9 Å². The number of fused-ring (bicyclic) bond motifs is 1. The molecule has 0 aliphatic carbocycles. The first kappa shape index (κ1) is 27.3. The van der Waals surface area contributed by atoms with E-state index in [2.05, 4.69) is 47.9 Å². The van der Waals surface area contributed by atoms with E-state index in [4.69, 9.17) is 14.7 Å². The highest BCUT2D eigenvalue weighted by molar-refractivity contribution is 5.85. The number of hydrogen-bond acceptors (Lipinski definition) is 7. The fourth-order valence-corrected chi connectivity index (χ4v) is 4.36. The quantitative estimate of drug-likeness (QED) is 0.292. The van der Waals surface area contributed by atoms with Gasteiger partial charge in [-0.25, -0.2) is 19.9 Å². The van der Waals surface area contributed by atoms with Gasteiger partial charge in [0.15, 0.2) is 17.3 Å². The topological polar surface area (TPSA) is 81.0 Å². The number of rotatable bonds is 10. The summed E-state index contributed by atoms with van der Waals surface area (Å²) in [6, 6.07) is 9.45. The van der Waals surface area contributed by atoms with Crippen LogP contribution in [0.25, 0.3) is 22.6 Å². The van der Waals surface area contributed by atoms with E-state index >= 15 is 0 Å². The van der Waals surface area contributed by atoms with Crippen molar-refractivity contribution in [2.45, 2.75) is 52.5 Å². The van der Waals surface area contributed by atoms with Crippen LogP contribution in [0.4, 0.5) is 19.0 Å². The number of imidazole rings is 1. The Bertz CT molecular complexity index is 1340. The van der Waals surface area contributed by atoms with Crippen molar-refractivity contribution in [2.75, 3.05) is 25.5 Å². The van der Waals surface area contributed by atoms with Crippen molar-refractivity contribution >= 4 is 17.0 Å². The number of benzene rings is 1. The molecule has 0 aliphatic heterocycles. The first-order chi connectivity index (χ1) is 18.1. The molecule has 0 amide bonds. The van der Waals surface area contributed by atoms with E-state index in [9.17, 15) is 13.2 Å². The standard InChI is InChI=1S/C27H32F3N7O/c1-17(2)37(18(3)4)13-12-31-25-23-26(35-24(34-25)20-8-11-22(38-5)32-14-20)36(16-33-23)15-19-6-9-21(10-7-19)27(28,29)30/h6-11,14,16-18H,12-13,15H2,1-5H3,(H,31,34,35). The zero-order valence-electron chi connectivity index (χ0n) is 22.1. The Morgan fingerprint density at radius 3 is 2.26 bits per heavy atom. The summed E-state index contributed by atoms with van der Waals surface area (Å²) < 4.78 is 45.9. The van der Waals surface area contributed by atoms with Gasteiger partial charge < -0.3 is 14.6 Å². The molecule has 0 aliphatic rings. The predicted octanol–water partition coefficient (Wildman–Crippen LogP) is 5.49. The van der Waals surface area contributed by atoms with Gasteiger partial charge in [-0.2, -0.15) is 13.2 Å². The number of nitrogens with one attached hydrogen (secondary N) is 1. The SMILES string of the molecule is COc1ccc(-c2nc(NCCN(C(C)C)C(C)C)c3ncn(Cc4ccc(C(F)(F)F)cc4)c3n2)cn1. The minimum absolute atomic E-state index is 0.305. The zero-order chi connectivity index (χ0) is 27.4. The van der Waals surface area contributed by atoms with E-state index in [0.29, 0.717) is 65.0 Å². The number of alkyl halides is 3. The summed E-state index contributed by atoms with van der Waals surface area (Å²) in [7, 11) is 1.55. The molecule has 0 bridgehead atoms. The molecule has 0 atom stereocenters. The summed E-state index contributed by atoms with van der Waals surface area (Å²) in [5.74, 6) is 1.51. The predicted molar refractivity (Wildman–Crippen MR) is 141 cm³/mol. The maximum atomic E-state index is 13.0. The Morgan fingerprint density at radius 1 is 0.974 bits per heavy atom. The second kappa shape index (κ2) is 11.3. The highest BCUT2D eigenvalue weighted by Gasteiger charge is 2.30. The van der Waals surface area contributed by atoms with Crippen molar-refractivity contribution in [1.29, 1.82) is 0 Å². The molecular formula is C27H32F3N7O. The van der Waals surface area contributed by atoms with Crippen molar-refractivity contribution in [3.63, 3.8) is 0 Å². The number of halogens is 3. The van der Waals surface area contributed by atoms with Crippen molar-refractivity contribution in [3.05, 3.63) is 60.0 Å². The summed E-state index contributed by atoms with van der Waals surface area (Å²) in [5, 5.41) is 3.42. The van der Waals surface area contributed by atoms with Crippen LogP contribution in [0.3, 0.4) is 0 Å². The van der Waals surface area contributed by atoms with Crippen molar-refractivity contribution in [2.24, 2.45) is 0 Å². The lowest BCUT2D eigenvalue weighted by Gasteiger charge is -2.30. The lowest BCUT2D eigenvalue weighted by Crippen LogP contribution is -2.40. The summed E-state index contributed by atoms with van der Waals surface area (Å²) in [5.41, 5.74) is 1.86. The van der Waals surface area contributed by atoms with Gasteiger partial charge in [0.1, 0.15) is 5.52 Å². The van der Waals surface area contributed by atoms with E-state index < -0.39 is 11.7 Å². The average Bonchev–Trinajstić information content (AvgIpc) is 3.28. The first-order valence-corrected chi connectivity index (χ1v) is 12.5. The third kappa shape index (κ3) is 6.21. The molecule has 0 unspecified atom stereocenters. The van der Waals surface area contributed by atoms with Gasteiger partial charge in [0.05, 0.1) is 25.5 Å². The number of nitrogens with zero attached hydrogens (tertiary/aromatic N) is 6. The maximum Gasteiger partial charge on any atom is 0.416 e. The van der Waals surface area contributed by atoms with Crippen LogP contribution in [0.15, 0.2) is 48.9 Å². The van der Waals surface area contributed by atoms with E-state index in [-0.39, 0.29) is 0 Å². The lowest BCUT2D eigenvalue weighted by molar-refractivity contribution is -0.137. The molecule has 8 nitrogen and oxygen atoms in total. The smallest absolute Gasteiger partial charge is 0.416 e. The highest BCUT2D eigenvalue weighted by atomic mass is 19.4. The number of ether oxygens (including phenoxy) is 1. The Hall–Kier alpha value is -3.73.